The maximum Gasteiger partial charge on any atom is 0.215 e. The highest BCUT2D eigenvalue weighted by molar-refractivity contribution is 6.57. The summed E-state index contributed by atoms with van der Waals surface area (Å²) in [7, 11) is 1.36. The average Bonchev–Trinajstić information content (AvgIpc) is 1.61. The molecule has 38 valence electrons. The van der Waals surface area contributed by atoms with Gasteiger partial charge in [-0.2, -0.15) is 0 Å². The highest BCUT2D eigenvalue weighted by Gasteiger charge is 1.83. The van der Waals surface area contributed by atoms with Crippen LogP contribution < -0.4 is 5.32 Å². The zero-order valence-electron chi connectivity index (χ0n) is 4.10. The summed E-state index contributed by atoms with van der Waals surface area (Å²) in [6.07, 6.45) is 0.640. The Morgan fingerprint density at radius 3 is 2.57 bits per heavy atom. The van der Waals surface area contributed by atoms with Crippen molar-refractivity contribution in [3.05, 3.63) is 0 Å². The lowest BCUT2D eigenvalue weighted by Gasteiger charge is -1.88. The van der Waals surface area contributed by atoms with E-state index in [1.807, 2.05) is 0 Å². The molecule has 4 heteroatoms. The second-order valence-electron chi connectivity index (χ2n) is 1.10. The van der Waals surface area contributed by atoms with E-state index in [-0.39, 0.29) is 12.4 Å². The highest BCUT2D eigenvalue weighted by atomic mass is 16.1. The van der Waals surface area contributed by atoms with Gasteiger partial charge in [0.25, 0.3) is 0 Å². The molecule has 0 heterocycles. The molecule has 0 aromatic carbocycles. The van der Waals surface area contributed by atoms with E-state index in [0.29, 0.717) is 6.29 Å². The first kappa shape index (κ1) is 6.20. The van der Waals surface area contributed by atoms with E-state index >= 15 is 0 Å². The third-order valence-corrected chi connectivity index (χ3v) is 0.434. The van der Waals surface area contributed by atoms with Gasteiger partial charge < -0.3 is 10.1 Å². The molecule has 0 saturated heterocycles. The van der Waals surface area contributed by atoms with Gasteiger partial charge in [-0.3, -0.25) is 4.79 Å². The molecular formula is C3H6BNO2. The highest BCUT2D eigenvalue weighted by Crippen LogP contribution is 1.52. The van der Waals surface area contributed by atoms with Gasteiger partial charge in [-0.05, 0) is 0 Å². The average molecular weight is 98.9 g/mol. The van der Waals surface area contributed by atoms with Crippen LogP contribution in [-0.4, -0.2) is 26.5 Å². The SMILES string of the molecule is BC(=O)NCC=O. The third kappa shape index (κ3) is 5.20. The lowest BCUT2D eigenvalue weighted by molar-refractivity contribution is -0.107. The fraction of sp³-hybridized carbons (Fsp3) is 0.333. The van der Waals surface area contributed by atoms with E-state index < -0.39 is 0 Å². The fourth-order valence-corrected chi connectivity index (χ4v) is 0.185. The lowest BCUT2D eigenvalue weighted by Crippen LogP contribution is -2.22. The predicted octanol–water partition coefficient (Wildman–Crippen LogP) is -1.47. The Kier molecular flexibility index (Phi) is 3.01. The number of amides is 1. The fourth-order valence-electron chi connectivity index (χ4n) is 0.185. The van der Waals surface area contributed by atoms with Gasteiger partial charge in [0.2, 0.25) is 7.85 Å². The monoisotopic (exact) mass is 99.0 g/mol. The summed E-state index contributed by atoms with van der Waals surface area (Å²) in [6.45, 7) is 0.120. The molecule has 1 amide bonds. The number of hydrogen-bond acceptors (Lipinski definition) is 2. The van der Waals surface area contributed by atoms with E-state index in [0.717, 1.165) is 0 Å². The molecule has 0 unspecified atom stereocenters. The molecule has 0 saturated carbocycles. The van der Waals surface area contributed by atoms with E-state index in [1.54, 1.807) is 0 Å². The van der Waals surface area contributed by atoms with Crippen LogP contribution in [0.1, 0.15) is 0 Å². The van der Waals surface area contributed by atoms with Gasteiger partial charge in [0.1, 0.15) is 6.29 Å². The van der Waals surface area contributed by atoms with E-state index in [9.17, 15) is 9.59 Å². The van der Waals surface area contributed by atoms with Crippen molar-refractivity contribution in [1.29, 1.82) is 0 Å². The van der Waals surface area contributed by atoms with Gasteiger partial charge in [0.15, 0.2) is 5.81 Å². The molecule has 3 nitrogen and oxygen atoms in total. The minimum atomic E-state index is -0.174. The smallest absolute Gasteiger partial charge is 0.215 e. The molecule has 0 rings (SSSR count). The van der Waals surface area contributed by atoms with Crippen molar-refractivity contribution in [3.8, 4) is 0 Å². The summed E-state index contributed by atoms with van der Waals surface area (Å²) in [5.74, 6) is -0.174. The second-order valence-corrected chi connectivity index (χ2v) is 1.10. The van der Waals surface area contributed by atoms with Crippen molar-refractivity contribution >= 4 is 19.9 Å². The number of hydrogen-bond donors (Lipinski definition) is 1. The normalized spacial score (nSPS) is 7.43. The summed E-state index contributed by atoms with van der Waals surface area (Å²) in [6, 6.07) is 0. The molecule has 0 bridgehead atoms. The summed E-state index contributed by atoms with van der Waals surface area (Å²) >= 11 is 0. The standard InChI is InChI=1S/C3H6BNO2/c4-3(7)5-1-2-6/h2H,1,4H2,(H,5,7). The minimum Gasteiger partial charge on any atom is -0.359 e. The van der Waals surface area contributed by atoms with Crippen molar-refractivity contribution < 1.29 is 9.59 Å². The second kappa shape index (κ2) is 3.40. The van der Waals surface area contributed by atoms with Gasteiger partial charge in [-0.15, -0.1) is 0 Å². The van der Waals surface area contributed by atoms with Crippen molar-refractivity contribution in [2.24, 2.45) is 0 Å². The first-order valence-electron chi connectivity index (χ1n) is 1.95. The molecule has 0 aliphatic heterocycles. The maximum atomic E-state index is 9.93. The van der Waals surface area contributed by atoms with Crippen LogP contribution >= 0.6 is 0 Å². The molecule has 7 heavy (non-hydrogen) atoms. The first-order valence-corrected chi connectivity index (χ1v) is 1.95. The van der Waals surface area contributed by atoms with Crippen molar-refractivity contribution in [3.63, 3.8) is 0 Å². The maximum absolute atomic E-state index is 9.93. The number of aldehydes is 1. The van der Waals surface area contributed by atoms with Crippen molar-refractivity contribution in [2.45, 2.75) is 0 Å². The molecule has 0 aromatic rings. The zero-order valence-corrected chi connectivity index (χ0v) is 4.10. The zero-order chi connectivity index (χ0) is 5.70. The van der Waals surface area contributed by atoms with E-state index in [1.165, 1.54) is 7.85 Å². The van der Waals surface area contributed by atoms with Crippen LogP contribution in [0.2, 0.25) is 0 Å². The number of carbonyl (C=O) groups excluding carboxylic acids is 2. The Balaban J connectivity index is 2.97. The lowest BCUT2D eigenvalue weighted by atomic mass is 10.1. The predicted molar refractivity (Wildman–Crippen MR) is 28.0 cm³/mol. The molecule has 0 spiro atoms. The number of nitrogens with one attached hydrogen (secondary N) is 1. The van der Waals surface area contributed by atoms with Gasteiger partial charge in [0, 0.05) is 0 Å². The molecular weight excluding hydrogens is 92.8 g/mol. The van der Waals surface area contributed by atoms with Gasteiger partial charge in [-0.25, -0.2) is 0 Å². The van der Waals surface area contributed by atoms with Gasteiger partial charge in [-0.1, -0.05) is 0 Å². The van der Waals surface area contributed by atoms with Gasteiger partial charge >= 0.3 is 0 Å². The molecule has 0 radical (unpaired) electrons. The van der Waals surface area contributed by atoms with E-state index in [2.05, 4.69) is 5.32 Å². The van der Waals surface area contributed by atoms with Crippen LogP contribution in [0.4, 0.5) is 4.79 Å². The Bertz CT molecular complexity index is 83.0. The van der Waals surface area contributed by atoms with Crippen LogP contribution in [0, 0.1) is 0 Å². The molecule has 1 N–H and O–H groups in total. The quantitative estimate of drug-likeness (QED) is 0.339. The summed E-state index contributed by atoms with van der Waals surface area (Å²) in [5, 5.41) is 2.29. The van der Waals surface area contributed by atoms with Crippen LogP contribution in [0.25, 0.3) is 0 Å². The largest absolute Gasteiger partial charge is 0.359 e. The first-order chi connectivity index (χ1) is 3.27. The Morgan fingerprint density at radius 2 is 2.43 bits per heavy atom. The molecule has 0 aliphatic rings. The van der Waals surface area contributed by atoms with Crippen LogP contribution in [0.15, 0.2) is 0 Å². The minimum absolute atomic E-state index is 0.120. The topological polar surface area (TPSA) is 46.2 Å². The third-order valence-electron chi connectivity index (χ3n) is 0.434. The summed E-state index contributed by atoms with van der Waals surface area (Å²) in [4.78, 5) is 19.4. The van der Waals surface area contributed by atoms with Gasteiger partial charge in [0.05, 0.1) is 6.54 Å². The Labute approximate surface area is 42.5 Å². The Hall–Kier alpha value is -0.795. The van der Waals surface area contributed by atoms with Crippen molar-refractivity contribution in [2.75, 3.05) is 6.54 Å². The Morgan fingerprint density at radius 1 is 1.86 bits per heavy atom. The summed E-state index contributed by atoms with van der Waals surface area (Å²) < 4.78 is 0. The number of rotatable bonds is 2. The van der Waals surface area contributed by atoms with Crippen LogP contribution in [0.3, 0.4) is 0 Å². The van der Waals surface area contributed by atoms with Crippen molar-refractivity contribution in [1.82, 2.24) is 5.32 Å². The molecule has 0 atom stereocenters. The van der Waals surface area contributed by atoms with Crippen LogP contribution in [-0.2, 0) is 4.79 Å². The number of carbonyl (C=O) groups is 2. The van der Waals surface area contributed by atoms with Crippen LogP contribution in [0.5, 0.6) is 0 Å². The van der Waals surface area contributed by atoms with E-state index in [4.69, 9.17) is 0 Å². The molecule has 0 fully saturated rings. The molecule has 0 aromatic heterocycles. The molecule has 0 aliphatic carbocycles. The summed E-state index contributed by atoms with van der Waals surface area (Å²) in [5.41, 5.74) is 0.